The molecule has 6 heterocycles. The Kier molecular flexibility index (Phi) is 14.0. The lowest BCUT2D eigenvalue weighted by Gasteiger charge is -2.40. The van der Waals surface area contributed by atoms with Crippen LogP contribution < -0.4 is 20.3 Å². The highest BCUT2D eigenvalue weighted by atomic mass is 19.1. The first-order valence-corrected chi connectivity index (χ1v) is 25.4. The number of imide groups is 2. The highest BCUT2D eigenvalue weighted by Gasteiger charge is 2.45. The quantitative estimate of drug-likeness (QED) is 0.155. The van der Waals surface area contributed by atoms with E-state index in [2.05, 4.69) is 30.3 Å². The summed E-state index contributed by atoms with van der Waals surface area (Å²) in [6.07, 6.45) is 9.46. The van der Waals surface area contributed by atoms with E-state index in [4.69, 9.17) is 4.74 Å². The maximum absolute atomic E-state index is 14.1. The summed E-state index contributed by atoms with van der Waals surface area (Å²) in [4.78, 5) is 91.8. The second-order valence-corrected chi connectivity index (χ2v) is 20.4. The molecule has 1 aromatic heterocycles. The molecular formula is C54H63FN8O7. The van der Waals surface area contributed by atoms with Crippen molar-refractivity contribution in [1.82, 2.24) is 29.9 Å². The summed E-state index contributed by atoms with van der Waals surface area (Å²) in [5.41, 5.74) is 4.17. The van der Waals surface area contributed by atoms with Crippen LogP contribution in [0.5, 0.6) is 5.75 Å². The van der Waals surface area contributed by atoms with Crippen LogP contribution >= 0.6 is 0 Å². The number of aromatic nitrogens is 1. The van der Waals surface area contributed by atoms with Crippen LogP contribution in [0.15, 0.2) is 72.9 Å². The van der Waals surface area contributed by atoms with Gasteiger partial charge in [0.2, 0.25) is 23.6 Å². The maximum Gasteiger partial charge on any atom is 0.262 e. The van der Waals surface area contributed by atoms with Crippen LogP contribution in [0, 0.1) is 23.6 Å². The van der Waals surface area contributed by atoms with Gasteiger partial charge in [0.05, 0.1) is 23.2 Å². The lowest BCUT2D eigenvalue weighted by Crippen LogP contribution is -2.54. The van der Waals surface area contributed by atoms with Crippen LogP contribution in [0.3, 0.4) is 0 Å². The second-order valence-electron chi connectivity index (χ2n) is 20.4. The number of anilines is 2. The smallest absolute Gasteiger partial charge is 0.262 e. The molecule has 1 unspecified atom stereocenters. The van der Waals surface area contributed by atoms with Crippen molar-refractivity contribution in [3.05, 3.63) is 95.4 Å². The van der Waals surface area contributed by atoms with Gasteiger partial charge in [-0.05, 0) is 148 Å². The van der Waals surface area contributed by atoms with Gasteiger partial charge in [-0.3, -0.25) is 53.8 Å². The molecule has 1 aliphatic carbocycles. The molecule has 70 heavy (non-hydrogen) atoms. The van der Waals surface area contributed by atoms with Gasteiger partial charge in [-0.2, -0.15) is 0 Å². The van der Waals surface area contributed by atoms with Gasteiger partial charge in [0.15, 0.2) is 0 Å². The summed E-state index contributed by atoms with van der Waals surface area (Å²) < 4.78 is 20.4. The predicted octanol–water partition coefficient (Wildman–Crippen LogP) is 6.23. The van der Waals surface area contributed by atoms with E-state index in [9.17, 15) is 33.2 Å². The van der Waals surface area contributed by atoms with Crippen molar-refractivity contribution in [3.8, 4) is 5.75 Å². The van der Waals surface area contributed by atoms with Gasteiger partial charge in [0.25, 0.3) is 11.8 Å². The van der Waals surface area contributed by atoms with Crippen molar-refractivity contribution in [2.75, 3.05) is 75.7 Å². The maximum atomic E-state index is 14.1. The molecule has 15 nitrogen and oxygen atoms in total. The molecule has 3 aromatic carbocycles. The number of piperazine rings is 1. The number of hydrogen-bond acceptors (Lipinski definition) is 11. The Morgan fingerprint density at radius 1 is 0.771 bits per heavy atom. The third kappa shape index (κ3) is 10.3. The molecule has 0 bridgehead atoms. The van der Waals surface area contributed by atoms with Crippen LogP contribution in [0.2, 0.25) is 0 Å². The third-order valence-electron chi connectivity index (χ3n) is 16.0. The largest absolute Gasteiger partial charge is 0.490 e. The Bertz CT molecular complexity index is 2630. The molecule has 368 valence electrons. The summed E-state index contributed by atoms with van der Waals surface area (Å²) in [5, 5.41) is 6.24. The number of amides is 6. The number of pyridine rings is 1. The second kappa shape index (κ2) is 20.6. The van der Waals surface area contributed by atoms with Crippen LogP contribution in [0.1, 0.15) is 103 Å². The van der Waals surface area contributed by atoms with E-state index in [-0.39, 0.29) is 54.0 Å². The SMILES string of the molecule is C[C@@H](C(=O)Nc1ccc(OC2CCN(C(=O)CN3CCC(CN4CCN(c5ccc6c(c5)C(=O)N(C5CCC(=O)NC5=O)C6=O)CC4)CC3)CC2)cc1)C1CCC(c2ccnc3ccc(F)cc23)CC1. The van der Waals surface area contributed by atoms with Gasteiger partial charge in [0.1, 0.15) is 23.7 Å². The predicted molar refractivity (Wildman–Crippen MR) is 262 cm³/mol. The zero-order chi connectivity index (χ0) is 48.5. The molecular weight excluding hydrogens is 892 g/mol. The number of nitrogens with zero attached hydrogens (tertiary/aromatic N) is 6. The fourth-order valence-corrected chi connectivity index (χ4v) is 11.8. The van der Waals surface area contributed by atoms with Gasteiger partial charge in [-0.25, -0.2) is 4.39 Å². The molecule has 4 saturated heterocycles. The van der Waals surface area contributed by atoms with Crippen molar-refractivity contribution in [1.29, 1.82) is 0 Å². The Morgan fingerprint density at radius 3 is 2.23 bits per heavy atom. The van der Waals surface area contributed by atoms with Crippen molar-refractivity contribution >= 4 is 57.7 Å². The number of carbonyl (C=O) groups is 6. The first-order valence-electron chi connectivity index (χ1n) is 25.4. The number of piperidine rings is 3. The highest BCUT2D eigenvalue weighted by molar-refractivity contribution is 6.23. The van der Waals surface area contributed by atoms with Gasteiger partial charge >= 0.3 is 0 Å². The average Bonchev–Trinajstić information content (AvgIpc) is 3.62. The minimum absolute atomic E-state index is 0.0153. The number of nitrogens with one attached hydrogen (secondary N) is 2. The van der Waals surface area contributed by atoms with Crippen LogP contribution in [-0.2, 0) is 19.2 Å². The van der Waals surface area contributed by atoms with E-state index in [0.717, 1.165) is 136 Å². The monoisotopic (exact) mass is 954 g/mol. The Morgan fingerprint density at radius 2 is 1.50 bits per heavy atom. The van der Waals surface area contributed by atoms with Gasteiger partial charge in [0, 0.05) is 94.0 Å². The van der Waals surface area contributed by atoms with E-state index < -0.39 is 29.7 Å². The number of rotatable bonds is 12. The number of benzene rings is 3. The van der Waals surface area contributed by atoms with Crippen molar-refractivity contribution in [2.24, 2.45) is 17.8 Å². The molecule has 0 spiro atoms. The number of fused-ring (bicyclic) bond motifs is 2. The minimum Gasteiger partial charge on any atom is -0.490 e. The zero-order valence-corrected chi connectivity index (χ0v) is 40.0. The van der Waals surface area contributed by atoms with Gasteiger partial charge in [-0.15, -0.1) is 0 Å². The molecule has 6 aliphatic rings. The molecule has 6 amide bonds. The van der Waals surface area contributed by atoms with Gasteiger partial charge in [-0.1, -0.05) is 6.92 Å². The fraction of sp³-hybridized carbons (Fsp3) is 0.500. The van der Waals surface area contributed by atoms with E-state index in [1.165, 1.54) is 6.07 Å². The first-order chi connectivity index (χ1) is 33.9. The highest BCUT2D eigenvalue weighted by Crippen LogP contribution is 2.41. The van der Waals surface area contributed by atoms with Crippen molar-refractivity contribution in [2.45, 2.75) is 89.2 Å². The molecule has 2 N–H and O–H groups in total. The molecule has 0 radical (unpaired) electrons. The molecule has 5 fully saturated rings. The lowest BCUT2D eigenvalue weighted by atomic mass is 9.73. The van der Waals surface area contributed by atoms with Gasteiger partial charge < -0.3 is 19.9 Å². The van der Waals surface area contributed by atoms with Crippen LogP contribution in [0.4, 0.5) is 15.8 Å². The number of ether oxygens (including phenoxy) is 1. The third-order valence-corrected chi connectivity index (χ3v) is 16.0. The lowest BCUT2D eigenvalue weighted by molar-refractivity contribution is -0.136. The van der Waals surface area contributed by atoms with E-state index in [1.54, 1.807) is 24.3 Å². The molecule has 1 saturated carbocycles. The molecule has 10 rings (SSSR count). The first kappa shape index (κ1) is 47.4. The minimum atomic E-state index is -0.979. The summed E-state index contributed by atoms with van der Waals surface area (Å²) in [5.74, 6) is -0.262. The summed E-state index contributed by atoms with van der Waals surface area (Å²) >= 11 is 0. The molecule has 2 atom stereocenters. The number of hydrogen-bond donors (Lipinski definition) is 2. The Balaban J connectivity index is 0.603. The van der Waals surface area contributed by atoms with Crippen molar-refractivity contribution < 1.29 is 37.9 Å². The van der Waals surface area contributed by atoms with E-state index in [1.807, 2.05) is 54.4 Å². The topological polar surface area (TPSA) is 165 Å². The molecule has 4 aromatic rings. The summed E-state index contributed by atoms with van der Waals surface area (Å²) in [6, 6.07) is 18.7. The fourth-order valence-electron chi connectivity index (χ4n) is 11.8. The molecule has 16 heteroatoms. The summed E-state index contributed by atoms with van der Waals surface area (Å²) in [7, 11) is 0. The Labute approximate surface area is 408 Å². The number of carbonyl (C=O) groups excluding carboxylic acids is 6. The average molecular weight is 955 g/mol. The molecule has 5 aliphatic heterocycles. The van der Waals surface area contributed by atoms with Crippen molar-refractivity contribution in [3.63, 3.8) is 0 Å². The number of likely N-dealkylation sites (tertiary alicyclic amines) is 2. The van der Waals surface area contributed by atoms with Crippen LogP contribution in [0.25, 0.3) is 10.9 Å². The number of halogens is 1. The van der Waals surface area contributed by atoms with E-state index in [0.29, 0.717) is 37.0 Å². The Hall–Kier alpha value is -6.26. The normalized spacial score (nSPS) is 23.6. The standard InChI is InChI=1S/C54H63FN8O7/c1-34(36-2-4-37(5-3-36)43-16-21-56-47-13-6-38(55)30-45(43)47)51(66)57-39-7-10-41(11-8-39)70-42-19-24-62(25-20-42)50(65)33-59-22-17-35(18-23-59)32-60-26-28-61(29-27-60)40-9-12-44-46(31-40)54(69)63(53(44)68)48-14-15-49(64)58-52(48)67/h6-13,16,21,30-31,34-37,42,48H,2-5,14-15,17-20,22-29,32-33H2,1H3,(H,57,66)(H,58,64,67)/t34-,36?,37?,48?/m1/s1. The zero-order valence-electron chi connectivity index (χ0n) is 40.0. The van der Waals surface area contributed by atoms with Crippen LogP contribution in [-0.4, -0.2) is 138 Å². The summed E-state index contributed by atoms with van der Waals surface area (Å²) in [6.45, 7) is 9.95. The van der Waals surface area contributed by atoms with E-state index >= 15 is 0 Å².